The average Bonchev–Trinajstić information content (AvgIpc) is 2.54. The van der Waals surface area contributed by atoms with Gasteiger partial charge in [-0.3, -0.25) is 9.10 Å². The number of anilines is 1. The molecule has 1 heterocycles. The first kappa shape index (κ1) is 19.8. The van der Waals surface area contributed by atoms with Crippen LogP contribution in [0.5, 0.6) is 5.75 Å². The van der Waals surface area contributed by atoms with E-state index in [0.29, 0.717) is 29.5 Å². The van der Waals surface area contributed by atoms with Crippen molar-refractivity contribution < 1.29 is 17.9 Å². The first-order valence-corrected chi connectivity index (χ1v) is 10.2. The van der Waals surface area contributed by atoms with Gasteiger partial charge in [-0.2, -0.15) is 0 Å². The normalized spacial score (nSPS) is 15.9. The van der Waals surface area contributed by atoms with Crippen LogP contribution in [0.4, 0.5) is 5.69 Å². The highest BCUT2D eigenvalue weighted by Gasteiger charge is 2.23. The molecule has 2 rings (SSSR count). The Morgan fingerprint density at radius 1 is 1.28 bits per heavy atom. The number of methoxy groups -OCH3 is 1. The van der Waals surface area contributed by atoms with Crippen LogP contribution in [0.15, 0.2) is 18.2 Å². The Bertz CT molecular complexity index is 718. The Morgan fingerprint density at radius 2 is 1.92 bits per heavy atom. The van der Waals surface area contributed by atoms with Crippen molar-refractivity contribution in [1.82, 2.24) is 9.80 Å². The Hall–Kier alpha value is -1.51. The van der Waals surface area contributed by atoms with E-state index >= 15 is 0 Å². The summed E-state index contributed by atoms with van der Waals surface area (Å²) in [6, 6.07) is 4.76. The molecule has 1 aliphatic heterocycles. The second-order valence-electron chi connectivity index (χ2n) is 6.09. The van der Waals surface area contributed by atoms with E-state index in [-0.39, 0.29) is 18.9 Å². The van der Waals surface area contributed by atoms with Crippen molar-refractivity contribution in [3.63, 3.8) is 0 Å². The van der Waals surface area contributed by atoms with E-state index in [9.17, 15) is 13.2 Å². The van der Waals surface area contributed by atoms with Crippen molar-refractivity contribution in [3.8, 4) is 5.75 Å². The van der Waals surface area contributed by atoms with Crippen LogP contribution in [-0.2, 0) is 14.8 Å². The first-order chi connectivity index (χ1) is 11.7. The van der Waals surface area contributed by atoms with Crippen molar-refractivity contribution in [2.75, 3.05) is 57.4 Å². The summed E-state index contributed by atoms with van der Waals surface area (Å²) in [5.41, 5.74) is 0.416. The third-order valence-electron chi connectivity index (χ3n) is 4.21. The molecular weight excluding hydrogens is 366 g/mol. The number of ether oxygens (including phenoxy) is 1. The summed E-state index contributed by atoms with van der Waals surface area (Å²) in [5.74, 6) is 0.425. The predicted octanol–water partition coefficient (Wildman–Crippen LogP) is 1.28. The average molecular weight is 390 g/mol. The van der Waals surface area contributed by atoms with Crippen molar-refractivity contribution in [1.29, 1.82) is 0 Å². The topological polar surface area (TPSA) is 70.2 Å². The molecule has 1 aromatic rings. The maximum atomic E-state index is 12.4. The Kier molecular flexibility index (Phi) is 6.53. The van der Waals surface area contributed by atoms with E-state index in [4.69, 9.17) is 16.3 Å². The lowest BCUT2D eigenvalue weighted by Crippen LogP contribution is -2.48. The standard InChI is InChI=1S/C16H24ClN3O4S/c1-18-8-10-19(11-9-18)16(21)6-7-20(25(3,22)23)13-4-5-15(24-2)14(17)12-13/h4-5,12H,6-11H2,1-3H3. The number of rotatable bonds is 6. The van der Waals surface area contributed by atoms with Gasteiger partial charge in [0.2, 0.25) is 15.9 Å². The van der Waals surface area contributed by atoms with Crippen LogP contribution in [0.1, 0.15) is 6.42 Å². The molecule has 0 spiro atoms. The van der Waals surface area contributed by atoms with Gasteiger partial charge in [-0.15, -0.1) is 0 Å². The van der Waals surface area contributed by atoms with Crippen LogP contribution in [-0.4, -0.2) is 77.3 Å². The number of likely N-dealkylation sites (N-methyl/N-ethyl adjacent to an activating group) is 1. The van der Waals surface area contributed by atoms with E-state index < -0.39 is 10.0 Å². The number of sulfonamides is 1. The van der Waals surface area contributed by atoms with Crippen molar-refractivity contribution in [2.24, 2.45) is 0 Å². The zero-order chi connectivity index (χ0) is 18.6. The Balaban J connectivity index is 2.09. The summed E-state index contributed by atoms with van der Waals surface area (Å²) in [6.07, 6.45) is 1.24. The Labute approximate surface area is 154 Å². The number of piperazine rings is 1. The lowest BCUT2D eigenvalue weighted by molar-refractivity contribution is -0.132. The van der Waals surface area contributed by atoms with E-state index in [2.05, 4.69) is 4.90 Å². The van der Waals surface area contributed by atoms with Gasteiger partial charge in [-0.05, 0) is 25.2 Å². The van der Waals surface area contributed by atoms with Gasteiger partial charge in [0.15, 0.2) is 0 Å². The minimum atomic E-state index is -3.53. The number of benzene rings is 1. The van der Waals surface area contributed by atoms with Gasteiger partial charge in [0, 0.05) is 39.1 Å². The van der Waals surface area contributed by atoms with Gasteiger partial charge in [0.1, 0.15) is 5.75 Å². The number of carbonyl (C=O) groups excluding carboxylic acids is 1. The van der Waals surface area contributed by atoms with E-state index in [1.165, 1.54) is 17.5 Å². The largest absolute Gasteiger partial charge is 0.495 e. The highest BCUT2D eigenvalue weighted by molar-refractivity contribution is 7.92. The molecule has 1 fully saturated rings. The summed E-state index contributed by atoms with van der Waals surface area (Å²) < 4.78 is 30.6. The van der Waals surface area contributed by atoms with Gasteiger partial charge >= 0.3 is 0 Å². The highest BCUT2D eigenvalue weighted by atomic mass is 35.5. The van der Waals surface area contributed by atoms with Crippen molar-refractivity contribution >= 4 is 33.2 Å². The first-order valence-electron chi connectivity index (χ1n) is 8.00. The lowest BCUT2D eigenvalue weighted by atomic mass is 10.2. The van der Waals surface area contributed by atoms with Crippen LogP contribution in [0.3, 0.4) is 0 Å². The summed E-state index contributed by atoms with van der Waals surface area (Å²) in [6.45, 7) is 3.07. The number of hydrogen-bond donors (Lipinski definition) is 0. The molecule has 0 aliphatic carbocycles. The molecule has 1 amide bonds. The molecule has 1 aliphatic rings. The summed E-state index contributed by atoms with van der Waals surface area (Å²) >= 11 is 6.10. The molecule has 25 heavy (non-hydrogen) atoms. The number of hydrogen-bond acceptors (Lipinski definition) is 5. The number of halogens is 1. The lowest BCUT2D eigenvalue weighted by Gasteiger charge is -2.33. The molecule has 0 unspecified atom stereocenters. The smallest absolute Gasteiger partial charge is 0.232 e. The van der Waals surface area contributed by atoms with Crippen LogP contribution >= 0.6 is 11.6 Å². The van der Waals surface area contributed by atoms with Gasteiger partial charge < -0.3 is 14.5 Å². The van der Waals surface area contributed by atoms with Gasteiger partial charge in [-0.1, -0.05) is 11.6 Å². The van der Waals surface area contributed by atoms with Gasteiger partial charge in [0.25, 0.3) is 0 Å². The van der Waals surface area contributed by atoms with Gasteiger partial charge in [0.05, 0.1) is 24.1 Å². The summed E-state index contributed by atoms with van der Waals surface area (Å²) in [4.78, 5) is 16.3. The maximum Gasteiger partial charge on any atom is 0.232 e. The monoisotopic (exact) mass is 389 g/mol. The Morgan fingerprint density at radius 3 is 2.44 bits per heavy atom. The second kappa shape index (κ2) is 8.25. The molecule has 0 bridgehead atoms. The fourth-order valence-corrected chi connectivity index (χ4v) is 3.88. The summed E-state index contributed by atoms with van der Waals surface area (Å²) in [7, 11) is -0.0300. The van der Waals surface area contributed by atoms with Crippen LogP contribution in [0, 0.1) is 0 Å². The van der Waals surface area contributed by atoms with Crippen molar-refractivity contribution in [2.45, 2.75) is 6.42 Å². The minimum Gasteiger partial charge on any atom is -0.495 e. The fraction of sp³-hybridized carbons (Fsp3) is 0.562. The van der Waals surface area contributed by atoms with Crippen LogP contribution < -0.4 is 9.04 Å². The SMILES string of the molecule is COc1ccc(N(CCC(=O)N2CCN(C)CC2)S(C)(=O)=O)cc1Cl. The van der Waals surface area contributed by atoms with Crippen molar-refractivity contribution in [3.05, 3.63) is 23.2 Å². The summed E-state index contributed by atoms with van der Waals surface area (Å²) in [5, 5.41) is 0.319. The fourth-order valence-electron chi connectivity index (χ4n) is 2.71. The number of carbonyl (C=O) groups is 1. The second-order valence-corrected chi connectivity index (χ2v) is 8.40. The van der Waals surface area contributed by atoms with E-state index in [1.54, 1.807) is 17.0 Å². The zero-order valence-electron chi connectivity index (χ0n) is 14.7. The number of nitrogens with zero attached hydrogens (tertiary/aromatic N) is 3. The molecule has 1 saturated heterocycles. The van der Waals surface area contributed by atoms with E-state index in [0.717, 1.165) is 19.3 Å². The van der Waals surface area contributed by atoms with E-state index in [1.807, 2.05) is 7.05 Å². The van der Waals surface area contributed by atoms with Crippen LogP contribution in [0.2, 0.25) is 5.02 Å². The maximum absolute atomic E-state index is 12.4. The third-order valence-corrected chi connectivity index (χ3v) is 5.70. The van der Waals surface area contributed by atoms with Gasteiger partial charge in [-0.25, -0.2) is 8.42 Å². The zero-order valence-corrected chi connectivity index (χ0v) is 16.3. The molecular formula is C16H24ClN3O4S. The molecule has 7 nitrogen and oxygen atoms in total. The van der Waals surface area contributed by atoms with Crippen LogP contribution in [0.25, 0.3) is 0 Å². The quantitative estimate of drug-likeness (QED) is 0.733. The molecule has 9 heteroatoms. The highest BCUT2D eigenvalue weighted by Crippen LogP contribution is 2.30. The predicted molar refractivity (Wildman–Crippen MR) is 98.9 cm³/mol. The minimum absolute atomic E-state index is 0.0404. The molecule has 1 aromatic carbocycles. The third kappa shape index (κ3) is 5.23. The number of amides is 1. The molecule has 0 N–H and O–H groups in total. The molecule has 0 radical (unpaired) electrons. The molecule has 0 saturated carbocycles. The molecule has 0 aromatic heterocycles. The molecule has 140 valence electrons. The molecule has 0 atom stereocenters.